The number of aromatic nitrogens is 6. The van der Waals surface area contributed by atoms with Gasteiger partial charge in [-0.05, 0) is 42.3 Å². The molecule has 0 saturated heterocycles. The highest BCUT2D eigenvalue weighted by molar-refractivity contribution is 5.90. The first-order valence-electron chi connectivity index (χ1n) is 10.3. The lowest BCUT2D eigenvalue weighted by Gasteiger charge is -2.09. The smallest absolute Gasteiger partial charge is 0.282 e. The van der Waals surface area contributed by atoms with Crippen LogP contribution in [0, 0.1) is 6.92 Å². The standard InChI is InChI=1S/C25H18N6O/c1-15-21(18-9-10-19-17(14-18)8-5-12-26-19)25(32)31-24(28-15)22(16-6-3-2-4-7-16)23(30-31)20-11-13-27-29-20/h2-14,28H,1H3,(H,27,29). The predicted octanol–water partition coefficient (Wildman–Crippen LogP) is 4.60. The number of H-pyrrole nitrogens is 2. The Bertz CT molecular complexity index is 1650. The van der Waals surface area contributed by atoms with Crippen molar-refractivity contribution in [3.8, 4) is 33.6 Å². The van der Waals surface area contributed by atoms with E-state index in [1.807, 2.05) is 73.7 Å². The topological polar surface area (TPSA) is 91.7 Å². The summed E-state index contributed by atoms with van der Waals surface area (Å²) in [6.45, 7) is 1.92. The van der Waals surface area contributed by atoms with Crippen molar-refractivity contribution in [3.63, 3.8) is 0 Å². The van der Waals surface area contributed by atoms with Gasteiger partial charge in [-0.15, -0.1) is 0 Å². The SMILES string of the molecule is Cc1[nH]c2c(-c3ccccc3)c(-c3cc[nH]n3)nn2c(=O)c1-c1ccc2ncccc2c1. The fraction of sp³-hybridized carbons (Fsp3) is 0.0400. The number of benzene rings is 2. The van der Waals surface area contributed by atoms with Gasteiger partial charge in [0.2, 0.25) is 0 Å². The minimum absolute atomic E-state index is 0.182. The van der Waals surface area contributed by atoms with Gasteiger partial charge in [-0.25, -0.2) is 0 Å². The molecule has 0 bridgehead atoms. The van der Waals surface area contributed by atoms with Gasteiger partial charge in [0.25, 0.3) is 5.56 Å². The van der Waals surface area contributed by atoms with E-state index in [4.69, 9.17) is 5.10 Å². The number of hydrogen-bond donors (Lipinski definition) is 2. The second kappa shape index (κ2) is 7.02. The summed E-state index contributed by atoms with van der Waals surface area (Å²) in [5.74, 6) is 0. The Labute approximate surface area is 182 Å². The molecule has 0 aliphatic carbocycles. The molecule has 0 saturated carbocycles. The predicted molar refractivity (Wildman–Crippen MR) is 124 cm³/mol. The van der Waals surface area contributed by atoms with E-state index in [1.165, 1.54) is 4.52 Å². The van der Waals surface area contributed by atoms with E-state index in [-0.39, 0.29) is 5.56 Å². The Morgan fingerprint density at radius 2 is 1.78 bits per heavy atom. The monoisotopic (exact) mass is 418 g/mol. The third-order valence-corrected chi connectivity index (χ3v) is 5.67. The molecule has 7 heteroatoms. The van der Waals surface area contributed by atoms with Crippen molar-refractivity contribution >= 4 is 16.6 Å². The maximum absolute atomic E-state index is 13.7. The first-order valence-corrected chi connectivity index (χ1v) is 10.3. The number of aromatic amines is 2. The average Bonchev–Trinajstić information content (AvgIpc) is 3.48. The molecule has 2 aromatic carbocycles. The fourth-order valence-electron chi connectivity index (χ4n) is 4.21. The Kier molecular flexibility index (Phi) is 4.01. The van der Waals surface area contributed by atoms with E-state index in [0.29, 0.717) is 22.6 Å². The molecule has 7 nitrogen and oxygen atoms in total. The lowest BCUT2D eigenvalue weighted by Crippen LogP contribution is -2.19. The zero-order valence-electron chi connectivity index (χ0n) is 17.2. The molecular formula is C25H18N6O. The van der Waals surface area contributed by atoms with Gasteiger partial charge in [-0.1, -0.05) is 42.5 Å². The second-order valence-corrected chi connectivity index (χ2v) is 7.65. The molecule has 4 aromatic heterocycles. The van der Waals surface area contributed by atoms with Gasteiger partial charge in [0, 0.05) is 23.5 Å². The zero-order valence-corrected chi connectivity index (χ0v) is 17.2. The molecule has 2 N–H and O–H groups in total. The van der Waals surface area contributed by atoms with Crippen molar-refractivity contribution in [3.05, 3.63) is 95.2 Å². The molecule has 4 heterocycles. The van der Waals surface area contributed by atoms with Crippen molar-refractivity contribution in [1.82, 2.24) is 29.8 Å². The molecule has 0 fully saturated rings. The van der Waals surface area contributed by atoms with Crippen LogP contribution in [-0.4, -0.2) is 29.8 Å². The number of pyridine rings is 1. The van der Waals surface area contributed by atoms with Crippen molar-refractivity contribution in [2.24, 2.45) is 0 Å². The zero-order chi connectivity index (χ0) is 21.7. The van der Waals surface area contributed by atoms with Gasteiger partial charge >= 0.3 is 0 Å². The van der Waals surface area contributed by atoms with Crippen molar-refractivity contribution in [2.45, 2.75) is 6.92 Å². The third-order valence-electron chi connectivity index (χ3n) is 5.67. The van der Waals surface area contributed by atoms with Crippen molar-refractivity contribution < 1.29 is 0 Å². The number of fused-ring (bicyclic) bond motifs is 2. The van der Waals surface area contributed by atoms with Gasteiger partial charge in [0.05, 0.1) is 16.6 Å². The molecule has 0 spiro atoms. The molecule has 0 atom stereocenters. The highest BCUT2D eigenvalue weighted by Crippen LogP contribution is 2.34. The molecule has 32 heavy (non-hydrogen) atoms. The number of nitrogens with one attached hydrogen (secondary N) is 2. The van der Waals surface area contributed by atoms with Crippen LogP contribution in [0.1, 0.15) is 5.69 Å². The van der Waals surface area contributed by atoms with Gasteiger partial charge in [0.1, 0.15) is 17.0 Å². The molecule has 6 rings (SSSR count). The average molecular weight is 418 g/mol. The second-order valence-electron chi connectivity index (χ2n) is 7.65. The van der Waals surface area contributed by atoms with Gasteiger partial charge in [-0.3, -0.25) is 14.9 Å². The summed E-state index contributed by atoms with van der Waals surface area (Å²) in [5.41, 5.74) is 6.65. The molecule has 0 aliphatic rings. The highest BCUT2D eigenvalue weighted by Gasteiger charge is 2.22. The lowest BCUT2D eigenvalue weighted by molar-refractivity contribution is 0.894. The van der Waals surface area contributed by atoms with Crippen LogP contribution in [0.15, 0.2) is 83.9 Å². The van der Waals surface area contributed by atoms with Crippen LogP contribution in [0.4, 0.5) is 0 Å². The van der Waals surface area contributed by atoms with E-state index in [1.54, 1.807) is 12.4 Å². The van der Waals surface area contributed by atoms with Gasteiger partial charge in [-0.2, -0.15) is 14.7 Å². The van der Waals surface area contributed by atoms with Crippen molar-refractivity contribution in [2.75, 3.05) is 0 Å². The molecule has 6 aromatic rings. The molecule has 0 aliphatic heterocycles. The fourth-order valence-corrected chi connectivity index (χ4v) is 4.21. The van der Waals surface area contributed by atoms with Crippen molar-refractivity contribution in [1.29, 1.82) is 0 Å². The normalized spacial score (nSPS) is 11.4. The number of hydrogen-bond acceptors (Lipinski definition) is 4. The van der Waals surface area contributed by atoms with Crippen LogP contribution in [0.3, 0.4) is 0 Å². The summed E-state index contributed by atoms with van der Waals surface area (Å²) >= 11 is 0. The lowest BCUT2D eigenvalue weighted by atomic mass is 10.0. The Morgan fingerprint density at radius 1 is 0.906 bits per heavy atom. The van der Waals surface area contributed by atoms with Crippen LogP contribution < -0.4 is 5.56 Å². The van der Waals surface area contributed by atoms with Crippen LogP contribution in [0.25, 0.3) is 50.2 Å². The van der Waals surface area contributed by atoms with Crippen LogP contribution >= 0.6 is 0 Å². The maximum atomic E-state index is 13.7. The molecular weight excluding hydrogens is 400 g/mol. The summed E-state index contributed by atoms with van der Waals surface area (Å²) in [7, 11) is 0. The molecule has 0 amide bonds. The van der Waals surface area contributed by atoms with Crippen LogP contribution in [0.5, 0.6) is 0 Å². The third kappa shape index (κ3) is 2.75. The first kappa shape index (κ1) is 18.3. The summed E-state index contributed by atoms with van der Waals surface area (Å²) in [6.07, 6.45) is 3.51. The molecule has 0 radical (unpaired) electrons. The summed E-state index contributed by atoms with van der Waals surface area (Å²) in [5, 5.41) is 12.8. The number of nitrogens with zero attached hydrogens (tertiary/aromatic N) is 4. The van der Waals surface area contributed by atoms with E-state index in [0.717, 1.165) is 33.3 Å². The van der Waals surface area contributed by atoms with E-state index < -0.39 is 0 Å². The summed E-state index contributed by atoms with van der Waals surface area (Å²) in [6, 6.07) is 21.5. The number of aryl methyl sites for hydroxylation is 1. The largest absolute Gasteiger partial charge is 0.343 e. The van der Waals surface area contributed by atoms with E-state index >= 15 is 0 Å². The highest BCUT2D eigenvalue weighted by atomic mass is 16.1. The maximum Gasteiger partial charge on any atom is 0.282 e. The molecule has 154 valence electrons. The first-order chi connectivity index (χ1) is 15.7. The van der Waals surface area contributed by atoms with Gasteiger partial charge < -0.3 is 4.98 Å². The van der Waals surface area contributed by atoms with Crippen LogP contribution in [-0.2, 0) is 0 Å². The summed E-state index contributed by atoms with van der Waals surface area (Å²) in [4.78, 5) is 21.5. The Hall–Kier alpha value is -4.52. The van der Waals surface area contributed by atoms with E-state index in [9.17, 15) is 4.79 Å². The molecule has 0 unspecified atom stereocenters. The van der Waals surface area contributed by atoms with Gasteiger partial charge in [0.15, 0.2) is 0 Å². The van der Waals surface area contributed by atoms with E-state index in [2.05, 4.69) is 20.2 Å². The number of rotatable bonds is 3. The Balaban J connectivity index is 1.66. The minimum atomic E-state index is -0.182. The Morgan fingerprint density at radius 3 is 2.59 bits per heavy atom. The quantitative estimate of drug-likeness (QED) is 0.439. The van der Waals surface area contributed by atoms with Crippen LogP contribution in [0.2, 0.25) is 0 Å². The summed E-state index contributed by atoms with van der Waals surface area (Å²) < 4.78 is 1.45. The minimum Gasteiger partial charge on any atom is -0.343 e.